The van der Waals surface area contributed by atoms with Crippen LogP contribution in [0.2, 0.25) is 0 Å². The summed E-state index contributed by atoms with van der Waals surface area (Å²) < 4.78 is 44.5. The molecular formula is C18H11F3N4O2. The normalized spacial score (nSPS) is 11.8. The Bertz CT molecular complexity index is 1230. The highest BCUT2D eigenvalue weighted by Crippen LogP contribution is 2.35. The van der Waals surface area contributed by atoms with E-state index in [1.54, 1.807) is 24.3 Å². The van der Waals surface area contributed by atoms with E-state index in [4.69, 9.17) is 10.5 Å². The van der Waals surface area contributed by atoms with Gasteiger partial charge in [0.2, 0.25) is 5.69 Å². The second kappa shape index (κ2) is 5.97. The Balaban J connectivity index is 1.88. The first-order chi connectivity index (χ1) is 12.8. The van der Waals surface area contributed by atoms with E-state index >= 15 is 0 Å². The molecule has 2 aromatic heterocycles. The number of nitrogens with two attached hydrogens (primary N) is 1. The summed E-state index contributed by atoms with van der Waals surface area (Å²) in [5.74, 6) is 0.543. The van der Waals surface area contributed by atoms with Gasteiger partial charge in [-0.05, 0) is 12.1 Å². The first-order valence-corrected chi connectivity index (χ1v) is 7.76. The molecule has 0 unspecified atom stereocenters. The number of pyridine rings is 1. The summed E-state index contributed by atoms with van der Waals surface area (Å²) in [4.78, 5) is 21.1. The van der Waals surface area contributed by atoms with Crippen molar-refractivity contribution in [3.63, 3.8) is 0 Å². The number of alkyl halides is 3. The fourth-order valence-electron chi connectivity index (χ4n) is 2.74. The number of nitrogens with zero attached hydrogens (tertiary/aromatic N) is 2. The fourth-order valence-corrected chi connectivity index (χ4v) is 2.74. The van der Waals surface area contributed by atoms with Crippen LogP contribution >= 0.6 is 0 Å². The van der Waals surface area contributed by atoms with E-state index in [1.165, 1.54) is 12.3 Å². The van der Waals surface area contributed by atoms with Gasteiger partial charge in [-0.2, -0.15) is 13.2 Å². The smallest absolute Gasteiger partial charge is 0.438 e. The number of fused-ring (bicyclic) bond motifs is 2. The number of nitrogen functional groups attached to an aromatic ring is 1. The van der Waals surface area contributed by atoms with Gasteiger partial charge in [0.15, 0.2) is 11.4 Å². The molecule has 0 saturated heterocycles. The zero-order valence-corrected chi connectivity index (χ0v) is 13.5. The van der Waals surface area contributed by atoms with Crippen LogP contribution in [0.4, 0.5) is 18.9 Å². The SMILES string of the molecule is Nc1ccc(Oc2ccnc3nc(C(F)(F)F)c(=O)[nH]c23)c2ccccc12. The van der Waals surface area contributed by atoms with Crippen molar-refractivity contribution in [2.75, 3.05) is 5.73 Å². The molecule has 6 nitrogen and oxygen atoms in total. The van der Waals surface area contributed by atoms with Gasteiger partial charge in [-0.3, -0.25) is 4.79 Å². The highest BCUT2D eigenvalue weighted by atomic mass is 19.4. The minimum Gasteiger partial charge on any atom is -0.454 e. The van der Waals surface area contributed by atoms with E-state index in [2.05, 4.69) is 15.0 Å². The second-order valence-corrected chi connectivity index (χ2v) is 5.72. The molecule has 4 rings (SSSR count). The molecule has 0 radical (unpaired) electrons. The molecule has 0 aliphatic rings. The molecular weight excluding hydrogens is 361 g/mol. The Morgan fingerprint density at radius 1 is 1.00 bits per heavy atom. The first kappa shape index (κ1) is 16.8. The van der Waals surface area contributed by atoms with Gasteiger partial charge >= 0.3 is 6.18 Å². The van der Waals surface area contributed by atoms with E-state index in [9.17, 15) is 18.0 Å². The van der Waals surface area contributed by atoms with Crippen molar-refractivity contribution in [1.82, 2.24) is 15.0 Å². The van der Waals surface area contributed by atoms with Gasteiger partial charge in [-0.25, -0.2) is 9.97 Å². The third kappa shape index (κ3) is 2.92. The maximum absolute atomic E-state index is 12.9. The number of ether oxygens (including phenoxy) is 1. The molecule has 4 aromatic rings. The van der Waals surface area contributed by atoms with Crippen molar-refractivity contribution in [2.24, 2.45) is 0 Å². The molecule has 0 amide bonds. The lowest BCUT2D eigenvalue weighted by Gasteiger charge is -2.12. The van der Waals surface area contributed by atoms with E-state index < -0.39 is 17.4 Å². The van der Waals surface area contributed by atoms with Crippen LogP contribution in [-0.4, -0.2) is 15.0 Å². The van der Waals surface area contributed by atoms with Crippen molar-refractivity contribution < 1.29 is 17.9 Å². The third-order valence-electron chi connectivity index (χ3n) is 3.97. The number of rotatable bonds is 2. The van der Waals surface area contributed by atoms with Gasteiger partial charge < -0.3 is 15.5 Å². The second-order valence-electron chi connectivity index (χ2n) is 5.72. The average molecular weight is 372 g/mol. The highest BCUT2D eigenvalue weighted by molar-refractivity contribution is 5.97. The monoisotopic (exact) mass is 372 g/mol. The molecule has 136 valence electrons. The number of halogens is 3. The summed E-state index contributed by atoms with van der Waals surface area (Å²) in [6.45, 7) is 0. The zero-order valence-electron chi connectivity index (χ0n) is 13.5. The van der Waals surface area contributed by atoms with E-state index in [1.807, 2.05) is 12.1 Å². The number of H-pyrrole nitrogens is 1. The van der Waals surface area contributed by atoms with Crippen LogP contribution in [0.5, 0.6) is 11.5 Å². The predicted molar refractivity (Wildman–Crippen MR) is 93.6 cm³/mol. The van der Waals surface area contributed by atoms with Crippen LogP contribution in [0.15, 0.2) is 53.5 Å². The summed E-state index contributed by atoms with van der Waals surface area (Å²) in [6.07, 6.45) is -3.63. The largest absolute Gasteiger partial charge is 0.454 e. The zero-order chi connectivity index (χ0) is 19.2. The van der Waals surface area contributed by atoms with Gasteiger partial charge in [0.1, 0.15) is 11.3 Å². The molecule has 3 N–H and O–H groups in total. The van der Waals surface area contributed by atoms with Gasteiger partial charge in [0, 0.05) is 28.7 Å². The standard InChI is InChI=1S/C18H11F3N4O2/c19-18(20,21)15-17(26)24-14-13(7-8-23-16(14)25-15)27-12-6-5-11(22)9-3-1-2-4-10(9)12/h1-8H,22H2,(H,24,26). The molecule has 0 saturated carbocycles. The molecule has 9 heteroatoms. The van der Waals surface area contributed by atoms with Crippen molar-refractivity contribution in [1.29, 1.82) is 0 Å². The topological polar surface area (TPSA) is 93.9 Å². The fraction of sp³-hybridized carbons (Fsp3) is 0.0556. The highest BCUT2D eigenvalue weighted by Gasteiger charge is 2.36. The Hall–Kier alpha value is -3.62. The Labute approximate surface area is 149 Å². The molecule has 0 aliphatic heterocycles. The van der Waals surface area contributed by atoms with Crippen molar-refractivity contribution in [3.8, 4) is 11.5 Å². The first-order valence-electron chi connectivity index (χ1n) is 7.76. The molecule has 0 atom stereocenters. The maximum atomic E-state index is 12.9. The molecule has 0 aliphatic carbocycles. The molecule has 0 bridgehead atoms. The van der Waals surface area contributed by atoms with E-state index in [0.29, 0.717) is 16.8 Å². The number of benzene rings is 2. The summed E-state index contributed by atoms with van der Waals surface area (Å²) in [7, 11) is 0. The minimum atomic E-state index is -4.88. The van der Waals surface area contributed by atoms with Crippen LogP contribution in [0, 0.1) is 0 Å². The summed E-state index contributed by atoms with van der Waals surface area (Å²) in [5.41, 5.74) is 3.28. The Morgan fingerprint density at radius 3 is 2.48 bits per heavy atom. The molecule has 2 aromatic carbocycles. The number of aromatic amines is 1. The quantitative estimate of drug-likeness (QED) is 0.521. The summed E-state index contributed by atoms with van der Waals surface area (Å²) in [6, 6.07) is 12.0. The van der Waals surface area contributed by atoms with Crippen LogP contribution in [0.25, 0.3) is 21.9 Å². The molecule has 2 heterocycles. The van der Waals surface area contributed by atoms with Crippen molar-refractivity contribution >= 4 is 27.6 Å². The van der Waals surface area contributed by atoms with Crippen LogP contribution < -0.4 is 16.0 Å². The number of nitrogens with one attached hydrogen (secondary N) is 1. The lowest BCUT2D eigenvalue weighted by atomic mass is 10.1. The number of anilines is 1. The Kier molecular flexibility index (Phi) is 3.72. The lowest BCUT2D eigenvalue weighted by Crippen LogP contribution is -2.24. The maximum Gasteiger partial charge on any atom is 0.438 e. The average Bonchev–Trinajstić information content (AvgIpc) is 2.63. The number of hydrogen-bond donors (Lipinski definition) is 2. The molecule has 27 heavy (non-hydrogen) atoms. The van der Waals surface area contributed by atoms with Crippen LogP contribution in [0.3, 0.4) is 0 Å². The van der Waals surface area contributed by atoms with Crippen LogP contribution in [0.1, 0.15) is 5.69 Å². The molecule has 0 fully saturated rings. The van der Waals surface area contributed by atoms with Gasteiger partial charge in [-0.15, -0.1) is 0 Å². The predicted octanol–water partition coefficient (Wildman–Crippen LogP) is 3.86. The summed E-state index contributed by atoms with van der Waals surface area (Å²) in [5, 5.41) is 1.48. The lowest BCUT2D eigenvalue weighted by molar-refractivity contribution is -0.142. The van der Waals surface area contributed by atoms with Crippen molar-refractivity contribution in [3.05, 3.63) is 64.7 Å². The Morgan fingerprint density at radius 2 is 1.74 bits per heavy atom. The van der Waals surface area contributed by atoms with Crippen LogP contribution in [-0.2, 0) is 6.18 Å². The minimum absolute atomic E-state index is 0.0311. The number of hydrogen-bond acceptors (Lipinski definition) is 5. The van der Waals surface area contributed by atoms with Gasteiger partial charge in [0.25, 0.3) is 5.56 Å². The van der Waals surface area contributed by atoms with Gasteiger partial charge in [-0.1, -0.05) is 24.3 Å². The van der Waals surface area contributed by atoms with E-state index in [-0.39, 0.29) is 16.9 Å². The van der Waals surface area contributed by atoms with E-state index in [0.717, 1.165) is 5.39 Å². The van der Waals surface area contributed by atoms with Crippen molar-refractivity contribution in [2.45, 2.75) is 6.18 Å². The number of aromatic nitrogens is 3. The molecule has 0 spiro atoms. The summed E-state index contributed by atoms with van der Waals surface area (Å²) >= 11 is 0. The third-order valence-corrected chi connectivity index (χ3v) is 3.97. The van der Waals surface area contributed by atoms with Gasteiger partial charge in [0.05, 0.1) is 0 Å².